The van der Waals surface area contributed by atoms with Crippen LogP contribution < -0.4 is 0 Å². The number of halogens is 1. The lowest BCUT2D eigenvalue weighted by Gasteiger charge is -2.07. The van der Waals surface area contributed by atoms with Crippen LogP contribution in [0.2, 0.25) is 0 Å². The van der Waals surface area contributed by atoms with E-state index in [0.29, 0.717) is 19.5 Å². The van der Waals surface area contributed by atoms with Gasteiger partial charge in [-0.1, -0.05) is 0 Å². The summed E-state index contributed by atoms with van der Waals surface area (Å²) in [5, 5.41) is 0. The summed E-state index contributed by atoms with van der Waals surface area (Å²) >= 11 is 0. The van der Waals surface area contributed by atoms with Crippen molar-refractivity contribution >= 4 is 6.29 Å². The zero-order valence-electron chi connectivity index (χ0n) is 5.22. The Hall–Kier alpha value is -0.440. The quantitative estimate of drug-likeness (QED) is 0.500. The number of aldehydes is 1. The molecule has 1 aliphatic rings. The molecule has 1 saturated heterocycles. The number of carbonyl (C=O) groups excluding carboxylic acids is 1. The molecule has 0 aliphatic carbocycles. The summed E-state index contributed by atoms with van der Waals surface area (Å²) in [4.78, 5) is 11.7. The molecule has 0 aromatic rings. The van der Waals surface area contributed by atoms with Crippen LogP contribution in [0.4, 0.5) is 4.39 Å². The minimum absolute atomic E-state index is 0.389. The van der Waals surface area contributed by atoms with Crippen LogP contribution in [0.5, 0.6) is 0 Å². The first-order valence-electron chi connectivity index (χ1n) is 3.13. The molecule has 0 aromatic heterocycles. The van der Waals surface area contributed by atoms with Crippen molar-refractivity contribution in [3.63, 3.8) is 0 Å². The average molecular weight is 131 g/mol. The van der Waals surface area contributed by atoms with Gasteiger partial charge in [0.15, 0.2) is 0 Å². The molecule has 2 nitrogen and oxygen atoms in total. The van der Waals surface area contributed by atoms with Crippen molar-refractivity contribution in [2.75, 3.05) is 19.6 Å². The third-order valence-electron chi connectivity index (χ3n) is 1.55. The molecule has 1 rings (SSSR count). The van der Waals surface area contributed by atoms with Crippen LogP contribution >= 0.6 is 0 Å². The van der Waals surface area contributed by atoms with E-state index in [2.05, 4.69) is 0 Å². The fraction of sp³-hybridized carbons (Fsp3) is 0.833. The van der Waals surface area contributed by atoms with E-state index >= 15 is 0 Å². The minimum Gasteiger partial charge on any atom is -0.302 e. The Morgan fingerprint density at radius 1 is 1.78 bits per heavy atom. The van der Waals surface area contributed by atoms with E-state index in [1.165, 1.54) is 0 Å². The first-order valence-corrected chi connectivity index (χ1v) is 3.13. The predicted molar refractivity (Wildman–Crippen MR) is 32.0 cm³/mol. The Balaban J connectivity index is 2.21. The summed E-state index contributed by atoms with van der Waals surface area (Å²) in [6, 6.07) is 0. The van der Waals surface area contributed by atoms with Gasteiger partial charge in [-0.2, -0.15) is 0 Å². The molecule has 0 unspecified atom stereocenters. The maximum absolute atomic E-state index is 12.3. The smallest absolute Gasteiger partial charge is 0.133 e. The fourth-order valence-corrected chi connectivity index (χ4v) is 1.06. The van der Waals surface area contributed by atoms with Crippen molar-refractivity contribution in [1.82, 2.24) is 4.90 Å². The van der Waals surface area contributed by atoms with Gasteiger partial charge in [0.2, 0.25) is 0 Å². The standard InChI is InChI=1S/C6H10FNO/c7-6-1-2-8(5-6)3-4-9/h4,6H,1-3,5H2/t6-/m0/s1. The van der Waals surface area contributed by atoms with Crippen LogP contribution in [0.25, 0.3) is 0 Å². The highest BCUT2D eigenvalue weighted by Gasteiger charge is 2.20. The Morgan fingerprint density at radius 3 is 3.00 bits per heavy atom. The highest BCUT2D eigenvalue weighted by molar-refractivity contribution is 5.52. The first-order chi connectivity index (χ1) is 4.33. The van der Waals surface area contributed by atoms with E-state index in [1.54, 1.807) is 0 Å². The van der Waals surface area contributed by atoms with Crippen molar-refractivity contribution in [1.29, 1.82) is 0 Å². The van der Waals surface area contributed by atoms with Gasteiger partial charge >= 0.3 is 0 Å². The van der Waals surface area contributed by atoms with Gasteiger partial charge in [0.1, 0.15) is 12.5 Å². The van der Waals surface area contributed by atoms with Gasteiger partial charge in [-0.25, -0.2) is 4.39 Å². The summed E-state index contributed by atoms with van der Waals surface area (Å²) in [7, 11) is 0. The van der Waals surface area contributed by atoms with Crippen LogP contribution in [0.15, 0.2) is 0 Å². The minimum atomic E-state index is -0.704. The van der Waals surface area contributed by atoms with Gasteiger partial charge in [-0.15, -0.1) is 0 Å². The van der Waals surface area contributed by atoms with E-state index in [4.69, 9.17) is 0 Å². The third kappa shape index (κ3) is 1.75. The van der Waals surface area contributed by atoms with Crippen molar-refractivity contribution < 1.29 is 9.18 Å². The zero-order valence-corrected chi connectivity index (χ0v) is 5.22. The number of carbonyl (C=O) groups is 1. The molecule has 1 heterocycles. The summed E-state index contributed by atoms with van der Waals surface area (Å²) in [6.07, 6.45) is 0.705. The highest BCUT2D eigenvalue weighted by Crippen LogP contribution is 2.10. The number of hydrogen-bond donors (Lipinski definition) is 0. The monoisotopic (exact) mass is 131 g/mol. The second kappa shape index (κ2) is 2.92. The Kier molecular flexibility index (Phi) is 2.16. The average Bonchev–Trinajstić information content (AvgIpc) is 2.17. The molecule has 52 valence electrons. The second-order valence-corrected chi connectivity index (χ2v) is 2.31. The number of rotatable bonds is 2. The molecule has 1 atom stereocenters. The normalized spacial score (nSPS) is 28.8. The van der Waals surface area contributed by atoms with Crippen molar-refractivity contribution in [3.8, 4) is 0 Å². The molecule has 0 bridgehead atoms. The summed E-state index contributed by atoms with van der Waals surface area (Å²) < 4.78 is 12.3. The largest absolute Gasteiger partial charge is 0.302 e. The van der Waals surface area contributed by atoms with Crippen LogP contribution in [-0.2, 0) is 4.79 Å². The molecule has 9 heavy (non-hydrogen) atoms. The second-order valence-electron chi connectivity index (χ2n) is 2.31. The maximum Gasteiger partial charge on any atom is 0.133 e. The summed E-state index contributed by atoms with van der Waals surface area (Å²) in [5.74, 6) is 0. The van der Waals surface area contributed by atoms with Crippen LogP contribution in [0.1, 0.15) is 6.42 Å². The predicted octanol–water partition coefficient (Wildman–Crippen LogP) is 0.229. The Labute approximate surface area is 53.6 Å². The molecule has 1 fully saturated rings. The topological polar surface area (TPSA) is 20.3 Å². The fourth-order valence-electron chi connectivity index (χ4n) is 1.06. The van der Waals surface area contributed by atoms with E-state index in [1.807, 2.05) is 4.90 Å². The van der Waals surface area contributed by atoms with Gasteiger partial charge in [0.05, 0.1) is 6.54 Å². The van der Waals surface area contributed by atoms with Gasteiger partial charge in [-0.3, -0.25) is 4.90 Å². The molecule has 0 N–H and O–H groups in total. The molecule has 0 aromatic carbocycles. The van der Waals surface area contributed by atoms with E-state index < -0.39 is 6.17 Å². The molecule has 0 saturated carbocycles. The van der Waals surface area contributed by atoms with Crippen molar-refractivity contribution in [2.45, 2.75) is 12.6 Å². The van der Waals surface area contributed by atoms with Crippen LogP contribution in [0, 0.1) is 0 Å². The van der Waals surface area contributed by atoms with Gasteiger partial charge in [0, 0.05) is 13.1 Å². The lowest BCUT2D eigenvalue weighted by Crippen LogP contribution is -2.22. The summed E-state index contributed by atoms with van der Waals surface area (Å²) in [6.45, 7) is 1.57. The van der Waals surface area contributed by atoms with E-state index in [-0.39, 0.29) is 0 Å². The Bertz CT molecular complexity index is 107. The number of likely N-dealkylation sites (tertiary alicyclic amines) is 1. The molecule has 0 amide bonds. The highest BCUT2D eigenvalue weighted by atomic mass is 19.1. The number of alkyl halides is 1. The molecule has 0 spiro atoms. The van der Waals surface area contributed by atoms with Gasteiger partial charge in [0.25, 0.3) is 0 Å². The van der Waals surface area contributed by atoms with Crippen molar-refractivity contribution in [3.05, 3.63) is 0 Å². The number of hydrogen-bond acceptors (Lipinski definition) is 2. The van der Waals surface area contributed by atoms with E-state index in [9.17, 15) is 9.18 Å². The number of nitrogens with zero attached hydrogens (tertiary/aromatic N) is 1. The van der Waals surface area contributed by atoms with Crippen LogP contribution in [0.3, 0.4) is 0 Å². The lowest BCUT2D eigenvalue weighted by atomic mass is 10.3. The van der Waals surface area contributed by atoms with E-state index in [0.717, 1.165) is 12.8 Å². The SMILES string of the molecule is O=CCN1CC[C@H](F)C1. The molecule has 3 heteroatoms. The molecular weight excluding hydrogens is 121 g/mol. The molecule has 1 aliphatic heterocycles. The first kappa shape index (κ1) is 6.68. The lowest BCUT2D eigenvalue weighted by molar-refractivity contribution is -0.108. The Morgan fingerprint density at radius 2 is 2.56 bits per heavy atom. The maximum atomic E-state index is 12.3. The summed E-state index contributed by atoms with van der Waals surface area (Å²) in [5.41, 5.74) is 0. The zero-order chi connectivity index (χ0) is 6.69. The van der Waals surface area contributed by atoms with Crippen LogP contribution in [-0.4, -0.2) is 37.0 Å². The molecule has 0 radical (unpaired) electrons. The van der Waals surface area contributed by atoms with Gasteiger partial charge in [-0.05, 0) is 6.42 Å². The van der Waals surface area contributed by atoms with Gasteiger partial charge < -0.3 is 4.79 Å². The third-order valence-corrected chi connectivity index (χ3v) is 1.55. The molecular formula is C6H10FNO. The van der Waals surface area contributed by atoms with Crippen molar-refractivity contribution in [2.24, 2.45) is 0 Å².